The predicted octanol–water partition coefficient (Wildman–Crippen LogP) is 0.981. The molecule has 0 saturated heterocycles. The van der Waals surface area contributed by atoms with Gasteiger partial charge in [-0.1, -0.05) is 30.3 Å². The van der Waals surface area contributed by atoms with E-state index in [4.69, 9.17) is 4.74 Å². The molecule has 1 aromatic rings. The zero-order chi connectivity index (χ0) is 16.4. The summed E-state index contributed by atoms with van der Waals surface area (Å²) < 4.78 is 9.46. The fraction of sp³-hybridized carbons (Fsp3) is 0.400. The maximum atomic E-state index is 11.6. The summed E-state index contributed by atoms with van der Waals surface area (Å²) >= 11 is 0. The van der Waals surface area contributed by atoms with Crippen LogP contribution in [-0.4, -0.2) is 37.7 Å². The monoisotopic (exact) mass is 308 g/mol. The van der Waals surface area contributed by atoms with Gasteiger partial charge < -0.3 is 20.1 Å². The highest BCUT2D eigenvalue weighted by Gasteiger charge is 2.13. The maximum Gasteiger partial charge on any atom is 0.407 e. The molecule has 7 nitrogen and oxygen atoms in total. The number of hydrogen-bond donors (Lipinski definition) is 2. The van der Waals surface area contributed by atoms with Crippen molar-refractivity contribution in [2.45, 2.75) is 26.0 Å². The molecule has 2 amide bonds. The Labute approximate surface area is 129 Å². The van der Waals surface area contributed by atoms with Crippen molar-refractivity contribution in [2.24, 2.45) is 0 Å². The van der Waals surface area contributed by atoms with E-state index in [0.29, 0.717) is 0 Å². The average Bonchev–Trinajstić information content (AvgIpc) is 2.51. The van der Waals surface area contributed by atoms with E-state index >= 15 is 0 Å². The van der Waals surface area contributed by atoms with Crippen LogP contribution in [0.25, 0.3) is 0 Å². The van der Waals surface area contributed by atoms with Gasteiger partial charge in [0.1, 0.15) is 13.2 Å². The first-order valence-electron chi connectivity index (χ1n) is 6.82. The molecule has 1 atom stereocenters. The fourth-order valence-corrected chi connectivity index (χ4v) is 1.64. The number of ether oxygens (including phenoxy) is 2. The molecule has 0 saturated carbocycles. The summed E-state index contributed by atoms with van der Waals surface area (Å²) in [5.74, 6) is -0.823. The molecule has 1 rings (SSSR count). The molecular weight excluding hydrogens is 288 g/mol. The van der Waals surface area contributed by atoms with E-state index in [1.807, 2.05) is 30.3 Å². The van der Waals surface area contributed by atoms with E-state index in [-0.39, 0.29) is 25.6 Å². The quantitative estimate of drug-likeness (QED) is 0.732. The van der Waals surface area contributed by atoms with E-state index in [2.05, 4.69) is 15.4 Å². The Balaban J connectivity index is 2.20. The molecule has 0 heterocycles. The average molecular weight is 308 g/mol. The minimum absolute atomic E-state index is 0.0701. The Bertz CT molecular complexity index is 504. The molecule has 0 radical (unpaired) electrons. The Morgan fingerprint density at radius 3 is 2.50 bits per heavy atom. The SMILES string of the molecule is COC(=O)C[C@H](C)NC(=O)CNC(=O)OCc1ccccc1. The molecule has 120 valence electrons. The normalized spacial score (nSPS) is 11.2. The van der Waals surface area contributed by atoms with Crippen molar-refractivity contribution in [1.29, 1.82) is 0 Å². The lowest BCUT2D eigenvalue weighted by Gasteiger charge is -2.13. The molecule has 0 aliphatic heterocycles. The lowest BCUT2D eigenvalue weighted by atomic mass is 10.2. The molecule has 0 fully saturated rings. The second-order valence-corrected chi connectivity index (χ2v) is 4.66. The van der Waals surface area contributed by atoms with E-state index in [0.717, 1.165) is 5.56 Å². The van der Waals surface area contributed by atoms with Gasteiger partial charge in [0.25, 0.3) is 0 Å². The maximum absolute atomic E-state index is 11.6. The Morgan fingerprint density at radius 1 is 1.18 bits per heavy atom. The first kappa shape index (κ1) is 17.5. The molecule has 0 aromatic heterocycles. The number of carbonyl (C=O) groups excluding carboxylic acids is 3. The topological polar surface area (TPSA) is 93.7 Å². The van der Waals surface area contributed by atoms with Crippen LogP contribution in [0.3, 0.4) is 0 Å². The fourth-order valence-electron chi connectivity index (χ4n) is 1.64. The molecule has 22 heavy (non-hydrogen) atoms. The van der Waals surface area contributed by atoms with E-state index < -0.39 is 18.0 Å². The number of esters is 1. The van der Waals surface area contributed by atoms with Gasteiger partial charge >= 0.3 is 12.1 Å². The highest BCUT2D eigenvalue weighted by Crippen LogP contribution is 2.00. The van der Waals surface area contributed by atoms with Crippen molar-refractivity contribution in [2.75, 3.05) is 13.7 Å². The second kappa shape index (κ2) is 9.38. The van der Waals surface area contributed by atoms with Crippen LogP contribution in [0.2, 0.25) is 0 Å². The van der Waals surface area contributed by atoms with E-state index in [9.17, 15) is 14.4 Å². The third-order valence-electron chi connectivity index (χ3n) is 2.71. The highest BCUT2D eigenvalue weighted by atomic mass is 16.5. The van der Waals surface area contributed by atoms with Gasteiger partial charge in [0, 0.05) is 6.04 Å². The van der Waals surface area contributed by atoms with Crippen LogP contribution in [-0.2, 0) is 25.7 Å². The minimum atomic E-state index is -0.681. The van der Waals surface area contributed by atoms with Gasteiger partial charge in [-0.25, -0.2) is 4.79 Å². The van der Waals surface area contributed by atoms with Crippen molar-refractivity contribution in [3.8, 4) is 0 Å². The van der Waals surface area contributed by atoms with Crippen LogP contribution < -0.4 is 10.6 Å². The number of carbonyl (C=O) groups is 3. The zero-order valence-corrected chi connectivity index (χ0v) is 12.6. The van der Waals surface area contributed by atoms with Crippen LogP contribution in [0.5, 0.6) is 0 Å². The molecule has 0 spiro atoms. The number of methoxy groups -OCH3 is 1. The Hall–Kier alpha value is -2.57. The summed E-state index contributed by atoms with van der Waals surface area (Å²) in [6.45, 7) is 1.58. The zero-order valence-electron chi connectivity index (χ0n) is 12.6. The highest BCUT2D eigenvalue weighted by molar-refractivity contribution is 5.82. The molecule has 0 bridgehead atoms. The van der Waals surface area contributed by atoms with Gasteiger partial charge in [0.05, 0.1) is 13.5 Å². The standard InChI is InChI=1S/C15H20N2O5/c1-11(8-14(19)21-2)17-13(18)9-16-15(20)22-10-12-6-4-3-5-7-12/h3-7,11H,8-10H2,1-2H3,(H,16,20)(H,17,18)/t11-/m0/s1. The van der Waals surface area contributed by atoms with Crippen molar-refractivity contribution in [1.82, 2.24) is 10.6 Å². The summed E-state index contributed by atoms with van der Waals surface area (Å²) in [6, 6.07) is 8.83. The number of rotatable bonds is 7. The van der Waals surface area contributed by atoms with Crippen LogP contribution in [0.15, 0.2) is 30.3 Å². The molecular formula is C15H20N2O5. The van der Waals surface area contributed by atoms with Gasteiger partial charge in [-0.05, 0) is 12.5 Å². The number of nitrogens with one attached hydrogen (secondary N) is 2. The summed E-state index contributed by atoms with van der Waals surface area (Å²) in [5, 5.41) is 4.90. The van der Waals surface area contributed by atoms with E-state index in [1.54, 1.807) is 6.92 Å². The Kier molecular flexibility index (Phi) is 7.45. The van der Waals surface area contributed by atoms with Gasteiger partial charge in [0.2, 0.25) is 5.91 Å². The summed E-state index contributed by atoms with van der Waals surface area (Å²) in [4.78, 5) is 34.0. The third-order valence-corrected chi connectivity index (χ3v) is 2.71. The number of alkyl carbamates (subject to hydrolysis) is 1. The van der Waals surface area contributed by atoms with Crippen LogP contribution in [0.1, 0.15) is 18.9 Å². The lowest BCUT2D eigenvalue weighted by Crippen LogP contribution is -2.41. The summed E-state index contributed by atoms with van der Waals surface area (Å²) in [7, 11) is 1.28. The number of amides is 2. The van der Waals surface area contributed by atoms with Crippen LogP contribution in [0.4, 0.5) is 4.79 Å². The number of hydrogen-bond acceptors (Lipinski definition) is 5. The number of benzene rings is 1. The summed E-state index contributed by atoms with van der Waals surface area (Å²) in [5.41, 5.74) is 0.855. The third kappa shape index (κ3) is 7.28. The molecule has 7 heteroatoms. The van der Waals surface area contributed by atoms with Gasteiger partial charge in [-0.2, -0.15) is 0 Å². The van der Waals surface area contributed by atoms with E-state index in [1.165, 1.54) is 7.11 Å². The first-order valence-corrected chi connectivity index (χ1v) is 6.82. The van der Waals surface area contributed by atoms with Crippen LogP contribution in [0, 0.1) is 0 Å². The summed E-state index contributed by atoms with van der Waals surface area (Å²) in [6.07, 6.45) is -0.611. The molecule has 0 unspecified atom stereocenters. The van der Waals surface area contributed by atoms with Gasteiger partial charge in [0.15, 0.2) is 0 Å². The lowest BCUT2D eigenvalue weighted by molar-refractivity contribution is -0.141. The second-order valence-electron chi connectivity index (χ2n) is 4.66. The van der Waals surface area contributed by atoms with Crippen LogP contribution >= 0.6 is 0 Å². The minimum Gasteiger partial charge on any atom is -0.469 e. The van der Waals surface area contributed by atoms with Gasteiger partial charge in [-0.3, -0.25) is 9.59 Å². The van der Waals surface area contributed by atoms with Crippen molar-refractivity contribution in [3.63, 3.8) is 0 Å². The van der Waals surface area contributed by atoms with Crippen molar-refractivity contribution < 1.29 is 23.9 Å². The van der Waals surface area contributed by atoms with Gasteiger partial charge in [-0.15, -0.1) is 0 Å². The molecule has 1 aromatic carbocycles. The molecule has 0 aliphatic carbocycles. The largest absolute Gasteiger partial charge is 0.469 e. The first-order chi connectivity index (χ1) is 10.5. The van der Waals surface area contributed by atoms with Crippen molar-refractivity contribution >= 4 is 18.0 Å². The predicted molar refractivity (Wildman–Crippen MR) is 78.9 cm³/mol. The Morgan fingerprint density at radius 2 is 1.86 bits per heavy atom. The smallest absolute Gasteiger partial charge is 0.407 e. The van der Waals surface area contributed by atoms with Crippen molar-refractivity contribution in [3.05, 3.63) is 35.9 Å². The molecule has 0 aliphatic rings. The molecule has 2 N–H and O–H groups in total.